The first-order valence-electron chi connectivity index (χ1n) is 5.52. The van der Waals surface area contributed by atoms with E-state index in [-0.39, 0.29) is 10.9 Å². The van der Waals surface area contributed by atoms with Crippen LogP contribution < -0.4 is 5.32 Å². The van der Waals surface area contributed by atoms with Crippen LogP contribution >= 0.6 is 11.3 Å². The number of nitrogens with one attached hydrogen (secondary N) is 1. The van der Waals surface area contributed by atoms with Gasteiger partial charge in [-0.2, -0.15) is 0 Å². The molecule has 1 aromatic heterocycles. The van der Waals surface area contributed by atoms with Gasteiger partial charge in [-0.1, -0.05) is 29.5 Å². The highest BCUT2D eigenvalue weighted by atomic mass is 32.1. The number of carbonyl (C=O) groups excluding carboxylic acids is 1. The topological polar surface area (TPSA) is 72.2 Å². The lowest BCUT2D eigenvalue weighted by Gasteiger charge is -1.95. The van der Waals surface area contributed by atoms with Crippen molar-refractivity contribution in [2.45, 2.75) is 0 Å². The third kappa shape index (κ3) is 2.02. The van der Waals surface area contributed by atoms with Crippen LogP contribution in [-0.2, 0) is 4.79 Å². The largest absolute Gasteiger partial charge is 0.324 e. The Hall–Kier alpha value is -2.47. The van der Waals surface area contributed by atoms with Gasteiger partial charge in [0.05, 0.1) is 10.5 Å². The van der Waals surface area contributed by atoms with Crippen LogP contribution in [0.5, 0.6) is 0 Å². The van der Waals surface area contributed by atoms with E-state index < -0.39 is 4.92 Å². The van der Waals surface area contributed by atoms with E-state index >= 15 is 0 Å². The fourth-order valence-electron chi connectivity index (χ4n) is 1.94. The van der Waals surface area contributed by atoms with Crippen LogP contribution in [0.3, 0.4) is 0 Å². The highest BCUT2D eigenvalue weighted by molar-refractivity contribution is 7.16. The maximum Gasteiger partial charge on any atom is 0.324 e. The number of rotatable bonds is 2. The molecule has 1 aromatic carbocycles. The number of para-hydroxylation sites is 1. The van der Waals surface area contributed by atoms with Crippen LogP contribution in [-0.4, -0.2) is 10.8 Å². The average molecular weight is 272 g/mol. The van der Waals surface area contributed by atoms with Gasteiger partial charge in [-0.05, 0) is 18.2 Å². The molecule has 94 valence electrons. The SMILES string of the molecule is O=C1Nc2ccccc2C1=Cc1ccc([N+](=O)[O-])s1. The quantitative estimate of drug-likeness (QED) is 0.518. The van der Waals surface area contributed by atoms with E-state index in [1.165, 1.54) is 6.07 Å². The smallest absolute Gasteiger partial charge is 0.321 e. The van der Waals surface area contributed by atoms with Crippen LogP contribution in [0, 0.1) is 10.1 Å². The Morgan fingerprint density at radius 1 is 1.21 bits per heavy atom. The maximum atomic E-state index is 11.9. The minimum absolute atomic E-state index is 0.0681. The van der Waals surface area contributed by atoms with Gasteiger partial charge in [0.1, 0.15) is 0 Å². The van der Waals surface area contributed by atoms with Crippen molar-refractivity contribution < 1.29 is 9.72 Å². The molecule has 0 atom stereocenters. The van der Waals surface area contributed by atoms with Crippen LogP contribution in [0.2, 0.25) is 0 Å². The van der Waals surface area contributed by atoms with E-state index in [9.17, 15) is 14.9 Å². The molecule has 2 aromatic rings. The number of fused-ring (bicyclic) bond motifs is 1. The zero-order chi connectivity index (χ0) is 13.4. The van der Waals surface area contributed by atoms with Crippen molar-refractivity contribution in [3.63, 3.8) is 0 Å². The first kappa shape index (κ1) is 11.6. The Morgan fingerprint density at radius 2 is 2.00 bits per heavy atom. The van der Waals surface area contributed by atoms with Crippen LogP contribution in [0.4, 0.5) is 10.7 Å². The molecule has 0 saturated heterocycles. The molecular weight excluding hydrogens is 264 g/mol. The first-order chi connectivity index (χ1) is 9.15. The number of carbonyl (C=O) groups is 1. The lowest BCUT2D eigenvalue weighted by atomic mass is 10.1. The van der Waals surface area contributed by atoms with Crippen molar-refractivity contribution in [1.29, 1.82) is 0 Å². The van der Waals surface area contributed by atoms with E-state index in [1.807, 2.05) is 24.3 Å². The van der Waals surface area contributed by atoms with Crippen molar-refractivity contribution in [2.75, 3.05) is 5.32 Å². The Kier molecular flexibility index (Phi) is 2.64. The Balaban J connectivity index is 2.03. The summed E-state index contributed by atoms with van der Waals surface area (Å²) >= 11 is 1.05. The number of benzene rings is 1. The summed E-state index contributed by atoms with van der Waals surface area (Å²) in [6.07, 6.45) is 1.68. The number of hydrogen-bond acceptors (Lipinski definition) is 4. The number of anilines is 1. The molecule has 1 aliphatic rings. The second-order valence-corrected chi connectivity index (χ2v) is 5.08. The highest BCUT2D eigenvalue weighted by Gasteiger charge is 2.23. The molecule has 3 rings (SSSR count). The number of thiophene rings is 1. The Bertz CT molecular complexity index is 718. The molecule has 19 heavy (non-hydrogen) atoms. The van der Waals surface area contributed by atoms with Gasteiger partial charge < -0.3 is 5.32 Å². The van der Waals surface area contributed by atoms with Gasteiger partial charge in [-0.15, -0.1) is 0 Å². The molecule has 0 bridgehead atoms. The second kappa shape index (κ2) is 4.33. The predicted octanol–water partition coefficient (Wildman–Crippen LogP) is 3.15. The number of nitro groups is 1. The zero-order valence-corrected chi connectivity index (χ0v) is 10.4. The van der Waals surface area contributed by atoms with Crippen LogP contribution in [0.15, 0.2) is 36.4 Å². The lowest BCUT2D eigenvalue weighted by molar-refractivity contribution is -0.380. The van der Waals surface area contributed by atoms with Gasteiger partial charge >= 0.3 is 5.00 Å². The summed E-state index contributed by atoms with van der Waals surface area (Å²) in [5.41, 5.74) is 2.13. The summed E-state index contributed by atoms with van der Waals surface area (Å²) in [6.45, 7) is 0. The molecular formula is C13H8N2O3S. The molecule has 0 fully saturated rings. The van der Waals surface area contributed by atoms with Gasteiger partial charge in [0, 0.05) is 22.2 Å². The third-order valence-electron chi connectivity index (χ3n) is 2.79. The van der Waals surface area contributed by atoms with Gasteiger partial charge in [0.2, 0.25) is 0 Å². The zero-order valence-electron chi connectivity index (χ0n) is 9.62. The standard InChI is InChI=1S/C13H8N2O3S/c16-13-10(9-3-1-2-4-11(9)14-13)7-8-5-6-12(19-8)15(17)18/h1-7H,(H,14,16). The maximum absolute atomic E-state index is 11.9. The summed E-state index contributed by atoms with van der Waals surface area (Å²) in [6, 6.07) is 10.5. The summed E-state index contributed by atoms with van der Waals surface area (Å²) in [7, 11) is 0. The van der Waals surface area contributed by atoms with Crippen molar-refractivity contribution in [1.82, 2.24) is 0 Å². The predicted molar refractivity (Wildman–Crippen MR) is 73.9 cm³/mol. The van der Waals surface area contributed by atoms with Crippen molar-refractivity contribution in [3.05, 3.63) is 57.0 Å². The van der Waals surface area contributed by atoms with Crippen molar-refractivity contribution in [2.24, 2.45) is 0 Å². The molecule has 2 heterocycles. The molecule has 1 amide bonds. The number of nitrogens with zero attached hydrogens (tertiary/aromatic N) is 1. The summed E-state index contributed by atoms with van der Waals surface area (Å²) in [5.74, 6) is -0.183. The van der Waals surface area contributed by atoms with E-state index in [0.29, 0.717) is 10.5 Å². The number of amides is 1. The fraction of sp³-hybridized carbons (Fsp3) is 0. The average Bonchev–Trinajstić information content (AvgIpc) is 2.96. The molecule has 5 nitrogen and oxygen atoms in total. The summed E-state index contributed by atoms with van der Waals surface area (Å²) < 4.78 is 0. The van der Waals surface area contributed by atoms with Gasteiger partial charge in [0.25, 0.3) is 5.91 Å². The van der Waals surface area contributed by atoms with Gasteiger partial charge in [-0.25, -0.2) is 0 Å². The molecule has 0 unspecified atom stereocenters. The van der Waals surface area contributed by atoms with Gasteiger partial charge in [0.15, 0.2) is 0 Å². The van der Waals surface area contributed by atoms with Crippen LogP contribution in [0.1, 0.15) is 10.4 Å². The molecule has 0 saturated carbocycles. The Labute approximate surface area is 112 Å². The monoisotopic (exact) mass is 272 g/mol. The molecule has 0 aliphatic carbocycles. The van der Waals surface area contributed by atoms with Crippen LogP contribution in [0.25, 0.3) is 11.6 Å². The number of hydrogen-bond donors (Lipinski definition) is 1. The lowest BCUT2D eigenvalue weighted by Crippen LogP contribution is -2.03. The third-order valence-corrected chi connectivity index (χ3v) is 3.77. The first-order valence-corrected chi connectivity index (χ1v) is 6.33. The van der Waals surface area contributed by atoms with Crippen molar-refractivity contribution in [3.8, 4) is 0 Å². The fourth-order valence-corrected chi connectivity index (χ4v) is 2.71. The van der Waals surface area contributed by atoms with Gasteiger partial charge in [-0.3, -0.25) is 14.9 Å². The van der Waals surface area contributed by atoms with E-state index in [4.69, 9.17) is 0 Å². The Morgan fingerprint density at radius 3 is 2.74 bits per heavy atom. The van der Waals surface area contributed by atoms with E-state index in [0.717, 1.165) is 22.6 Å². The highest BCUT2D eigenvalue weighted by Crippen LogP contribution is 2.34. The van der Waals surface area contributed by atoms with E-state index in [2.05, 4.69) is 5.32 Å². The minimum atomic E-state index is -0.435. The normalized spacial score (nSPS) is 15.4. The summed E-state index contributed by atoms with van der Waals surface area (Å²) in [5, 5.41) is 13.5. The molecule has 1 N–H and O–H groups in total. The summed E-state index contributed by atoms with van der Waals surface area (Å²) in [4.78, 5) is 22.8. The molecule has 0 spiro atoms. The molecule has 1 aliphatic heterocycles. The second-order valence-electron chi connectivity index (χ2n) is 3.99. The molecule has 0 radical (unpaired) electrons. The minimum Gasteiger partial charge on any atom is -0.321 e. The molecule has 6 heteroatoms. The van der Waals surface area contributed by atoms with E-state index in [1.54, 1.807) is 12.1 Å². The van der Waals surface area contributed by atoms with Crippen molar-refractivity contribution >= 4 is 39.6 Å².